The Hall–Kier alpha value is -6.65. The van der Waals surface area contributed by atoms with E-state index in [9.17, 15) is 102 Å². The molecule has 2 heterocycles. The fourth-order valence-electron chi connectivity index (χ4n) is 31.1. The van der Waals surface area contributed by atoms with Gasteiger partial charge in [-0.1, -0.05) is 61.8 Å². The number of aliphatic hydroxyl groups is 1. The topological polar surface area (TPSA) is 328 Å². The lowest BCUT2D eigenvalue weighted by Crippen LogP contribution is -2.64. The van der Waals surface area contributed by atoms with E-state index in [2.05, 4.69) is 39.7 Å². The monoisotopic (exact) mass is 2070 g/mol. The molecule has 23 aliphatic rings. The van der Waals surface area contributed by atoms with Crippen molar-refractivity contribution in [2.45, 2.75) is 396 Å². The summed E-state index contributed by atoms with van der Waals surface area (Å²) >= 11 is 0. The largest absolute Gasteiger partial charge is 0.468 e. The van der Waals surface area contributed by atoms with Crippen LogP contribution < -0.4 is 0 Å². The molecule has 2 saturated heterocycles. The second kappa shape index (κ2) is 39.8. The number of ether oxygens (including phenoxy) is 13. The summed E-state index contributed by atoms with van der Waals surface area (Å²) in [5, 5.41) is 10.8. The van der Waals surface area contributed by atoms with Crippen LogP contribution in [0.15, 0.2) is 0 Å². The molecule has 0 aromatic carbocycles. The number of carbonyl (C=O) groups excluding carboxylic acids is 11. The van der Waals surface area contributed by atoms with Crippen molar-refractivity contribution in [1.82, 2.24) is 0 Å². The molecule has 0 aromatic heterocycles. The van der Waals surface area contributed by atoms with Gasteiger partial charge in [-0.3, -0.25) is 43.2 Å². The lowest BCUT2D eigenvalue weighted by molar-refractivity contribution is -0.370. The quantitative estimate of drug-likeness (QED) is 0.0384. The first kappa shape index (κ1) is 112. The molecule has 21 aliphatic carbocycles. The van der Waals surface area contributed by atoms with E-state index in [0.717, 1.165) is 148 Å². The van der Waals surface area contributed by atoms with Crippen LogP contribution in [0.4, 0.5) is 43.9 Å². The molecule has 0 radical (unpaired) electrons. The second-order valence-corrected chi connectivity index (χ2v) is 53.7. The van der Waals surface area contributed by atoms with Gasteiger partial charge < -0.3 is 66.7 Å². The zero-order valence-electron chi connectivity index (χ0n) is 88.6. The van der Waals surface area contributed by atoms with Gasteiger partial charge in [-0.05, 0) is 358 Å². The van der Waals surface area contributed by atoms with Crippen molar-refractivity contribution in [1.29, 1.82) is 0 Å². The smallest absolute Gasteiger partial charge is 0.465 e. The maximum Gasteiger partial charge on any atom is 0.468 e. The molecule has 25 nitrogen and oxygen atoms in total. The first-order valence-electron chi connectivity index (χ1n) is 54.0. The van der Waals surface area contributed by atoms with Crippen LogP contribution in [0.1, 0.15) is 331 Å². The predicted molar refractivity (Wildman–Crippen MR) is 500 cm³/mol. The highest BCUT2D eigenvalue weighted by Gasteiger charge is 2.76. The van der Waals surface area contributed by atoms with Gasteiger partial charge in [-0.25, -0.2) is 27.2 Å². The minimum atomic E-state index is -5.69. The van der Waals surface area contributed by atoms with Gasteiger partial charge in [-0.15, -0.1) is 0 Å². The molecule has 16 atom stereocenters. The molecule has 23 fully saturated rings. The zero-order valence-corrected chi connectivity index (χ0v) is 88.6. The Morgan fingerprint density at radius 3 is 1.07 bits per heavy atom. The Labute approximate surface area is 846 Å². The van der Waals surface area contributed by atoms with Gasteiger partial charge in [0, 0.05) is 39.9 Å². The summed E-state index contributed by atoms with van der Waals surface area (Å²) < 4.78 is 212. The Balaban J connectivity index is 0.000000137. The number of carbonyl (C=O) groups is 11. The predicted octanol–water partition coefficient (Wildman–Crippen LogP) is 21.1. The molecule has 16 unspecified atom stereocenters. The summed E-state index contributed by atoms with van der Waals surface area (Å²) in [4.78, 5) is 140. The number of fused-ring (bicyclic) bond motifs is 2. The molecule has 820 valence electrons. The van der Waals surface area contributed by atoms with E-state index in [1.165, 1.54) is 84.5 Å². The van der Waals surface area contributed by atoms with Crippen LogP contribution in [0.3, 0.4) is 0 Å². The molecule has 1 N–H and O–H groups in total. The number of rotatable bonds is 25. The van der Waals surface area contributed by atoms with Crippen LogP contribution in [0.5, 0.6) is 0 Å². The van der Waals surface area contributed by atoms with Crippen molar-refractivity contribution < 1.29 is 163 Å². The third-order valence-corrected chi connectivity index (χ3v) is 38.4. The SMILES string of the molecule is CC(C)(C)C(=O)OCC1(C)C2CC3CC(C2)CC1C3.CC(C)(C)C(=O)OCC1C2CC3C1OC(=O)C3C2C(=O)OC1(C)C2CC3CC(C2)CC1C3.CCC1(OC(=O)C2C3CC4C(OC(=O)C42)C3COC(=O)C(C)(C)C)CCCCC1.CCOC(=O)C(OCC(F)(F)C(C)(C)C)(OC(=O)C12CC3CC(CC(C3)C1)C2)C(F)(F)F.CCOC(=O)C(OCC(F)(F)C(C)(C)C)(OC(=O)C12CC3CC(CC(O)(C3)C1)C2)C(F)(F)F. The Kier molecular flexibility index (Phi) is 30.9. The molecule has 0 spiro atoms. The third-order valence-electron chi connectivity index (χ3n) is 38.4. The fourth-order valence-corrected chi connectivity index (χ4v) is 31.1. The highest BCUT2D eigenvalue weighted by Crippen LogP contribution is 2.69. The van der Waals surface area contributed by atoms with Gasteiger partial charge >= 0.3 is 89.6 Å². The molecule has 0 aromatic rings. The van der Waals surface area contributed by atoms with Gasteiger partial charge in [0.1, 0.15) is 36.6 Å². The van der Waals surface area contributed by atoms with E-state index in [1.54, 1.807) is 0 Å². The zero-order chi connectivity index (χ0) is 107. The lowest BCUT2D eigenvalue weighted by atomic mass is 9.46. The van der Waals surface area contributed by atoms with Crippen LogP contribution in [0, 0.1) is 179 Å². The third kappa shape index (κ3) is 21.6. The first-order chi connectivity index (χ1) is 67.0. The van der Waals surface area contributed by atoms with Gasteiger partial charge in [-0.2, -0.15) is 26.3 Å². The van der Waals surface area contributed by atoms with Gasteiger partial charge in [0.2, 0.25) is 0 Å². The summed E-state index contributed by atoms with van der Waals surface area (Å²) in [5.74, 6) is -19.8. The Morgan fingerprint density at radius 2 is 0.724 bits per heavy atom. The van der Waals surface area contributed by atoms with Crippen LogP contribution >= 0.6 is 0 Å². The molecule has 23 rings (SSSR count). The average molecular weight is 2070 g/mol. The molecule has 21 saturated carbocycles. The van der Waals surface area contributed by atoms with Crippen molar-refractivity contribution in [3.63, 3.8) is 0 Å². The number of alkyl halides is 10. The minimum absolute atomic E-state index is 0.0119. The highest BCUT2D eigenvalue weighted by atomic mass is 19.4. The van der Waals surface area contributed by atoms with E-state index in [0.29, 0.717) is 50.5 Å². The maximum atomic E-state index is 14.5. The normalized spacial score (nSPS) is 39.0. The molecule has 2 aliphatic heterocycles. The average Bonchev–Trinajstić information content (AvgIpc) is 1.61. The summed E-state index contributed by atoms with van der Waals surface area (Å²) in [6.07, 6.45) is 14.6. The van der Waals surface area contributed by atoms with Gasteiger partial charge in [0.05, 0.1) is 89.4 Å². The standard InChI is InChI=1S/C26H36O6.C23H34O6.C22H31F5O6.C22H31F5O5.C17H28O2/c1-25(2,3)24(29)30-11-18-16-10-17-20(22(27)31-21(17)18)19(16)23(28)32-26(4)14-6-12-5-13(8-14)9-15(26)7-12;1-5-23(9-7-6-8-10-23)29-20(25)16-13-11-14-17(16)19(24)28-18(14)15(13)12-27-21(26)22(2,3)4;1-5-31-16(29)21(22(25,26)27,32-12-20(23,24)17(2,3)4)33-15(28)18-7-13-6-14(8-18)10-19(30,9-13)11-18;1-5-30-17(29)21(22(25,26)27,31-12-20(23,24)18(2,3)4)32-16(28)19-9-13-6-14(10-19)8-15(7-13)11-19;1-16(2,3)15(18)19-10-17(4)13-6-11-5-12(8-13)9-14(17)7-11/h12-21H,5-11H2,1-4H3;13-18H,5-12H2,1-4H3;13-14,30H,5-12H2,1-4H3;13-15H,5-12H2,1-4H3;11-14H,5-10H2,1-4H3. The molecule has 0 amide bonds. The van der Waals surface area contributed by atoms with E-state index >= 15 is 0 Å². The van der Waals surface area contributed by atoms with Crippen molar-refractivity contribution in [3.05, 3.63) is 0 Å². The molecule has 145 heavy (non-hydrogen) atoms. The van der Waals surface area contributed by atoms with E-state index < -0.39 is 142 Å². The second-order valence-electron chi connectivity index (χ2n) is 53.7. The van der Waals surface area contributed by atoms with Crippen molar-refractivity contribution >= 4 is 65.7 Å². The van der Waals surface area contributed by atoms with E-state index in [4.69, 9.17) is 42.6 Å². The summed E-state index contributed by atoms with van der Waals surface area (Å²) in [6, 6.07) is 0. The maximum absolute atomic E-state index is 14.5. The Bertz CT molecular complexity index is 4700. The van der Waals surface area contributed by atoms with E-state index in [-0.39, 0.29) is 180 Å². The van der Waals surface area contributed by atoms with Crippen LogP contribution in [-0.4, -0.2) is 182 Å². The summed E-state index contributed by atoms with van der Waals surface area (Å²) in [7, 11) is 0. The molecule has 20 bridgehead atoms. The van der Waals surface area contributed by atoms with E-state index in [1.807, 2.05) is 62.3 Å². The fraction of sp³-hybridized carbons (Fsp3) is 0.900. The van der Waals surface area contributed by atoms with Crippen LogP contribution in [-0.2, 0) is 114 Å². The van der Waals surface area contributed by atoms with Crippen molar-refractivity contribution in [2.75, 3.05) is 46.2 Å². The first-order valence-corrected chi connectivity index (χ1v) is 54.0. The van der Waals surface area contributed by atoms with Crippen molar-refractivity contribution in [3.8, 4) is 0 Å². The summed E-state index contributed by atoms with van der Waals surface area (Å²) in [5.41, 5.74) is -9.43. The molecular weight excluding hydrogens is 1910 g/mol. The number of hydrogen-bond acceptors (Lipinski definition) is 25. The molecule has 35 heteroatoms. The number of hydrogen-bond donors (Lipinski definition) is 1. The van der Waals surface area contributed by atoms with Crippen molar-refractivity contribution in [2.24, 2.45) is 179 Å². The summed E-state index contributed by atoms with van der Waals surface area (Å²) in [6.45, 7) is 28.9. The minimum Gasteiger partial charge on any atom is -0.465 e. The van der Waals surface area contributed by atoms with Crippen LogP contribution in [0.25, 0.3) is 0 Å². The van der Waals surface area contributed by atoms with Crippen LogP contribution in [0.2, 0.25) is 0 Å². The highest BCUT2D eigenvalue weighted by molar-refractivity contribution is 5.89. The number of esters is 11. The Morgan fingerprint density at radius 1 is 0.386 bits per heavy atom. The van der Waals surface area contributed by atoms with Gasteiger partial charge in [0.15, 0.2) is 0 Å². The lowest BCUT2D eigenvalue weighted by Gasteiger charge is -2.59. The molecular formula is C110H160F10O25. The van der Waals surface area contributed by atoms with Gasteiger partial charge in [0.25, 0.3) is 11.8 Å². The number of halogens is 10.